The van der Waals surface area contributed by atoms with Gasteiger partial charge in [0.15, 0.2) is 0 Å². The number of carbonyl (C=O) groups is 1. The van der Waals surface area contributed by atoms with Gasteiger partial charge in [-0.3, -0.25) is 0 Å². The smallest absolute Gasteiger partial charge is 0.319 e. The first-order valence-electron chi connectivity index (χ1n) is 6.88. The molecule has 0 aromatic heterocycles. The maximum absolute atomic E-state index is 12.0. The molecule has 2 amide bonds. The second-order valence-corrected chi connectivity index (χ2v) is 6.44. The van der Waals surface area contributed by atoms with Crippen molar-refractivity contribution in [2.45, 2.75) is 43.8 Å². The molecule has 2 atom stereocenters. The molecule has 1 aromatic carbocycles. The van der Waals surface area contributed by atoms with Crippen LogP contribution in [0.15, 0.2) is 18.2 Å². The molecule has 0 saturated carbocycles. The molecule has 0 radical (unpaired) electrons. The molecule has 0 aliphatic carbocycles. The second-order valence-electron chi connectivity index (χ2n) is 5.56. The Labute approximate surface area is 128 Å². The molecule has 2 bridgehead atoms. The van der Waals surface area contributed by atoms with Crippen molar-refractivity contribution in [3.63, 3.8) is 0 Å². The first kappa shape index (κ1) is 14.0. The van der Waals surface area contributed by atoms with Crippen molar-refractivity contribution in [2.75, 3.05) is 5.32 Å². The summed E-state index contributed by atoms with van der Waals surface area (Å²) in [6.45, 7) is 0. The Morgan fingerprint density at radius 3 is 2.30 bits per heavy atom. The third kappa shape index (κ3) is 3.37. The van der Waals surface area contributed by atoms with E-state index in [2.05, 4.69) is 16.0 Å². The molecular weight excluding hydrogens is 297 g/mol. The zero-order valence-electron chi connectivity index (χ0n) is 11.0. The Balaban J connectivity index is 1.57. The van der Waals surface area contributed by atoms with Gasteiger partial charge in [0, 0.05) is 33.9 Å². The Bertz CT molecular complexity index is 491. The van der Waals surface area contributed by atoms with Gasteiger partial charge in [-0.15, -0.1) is 0 Å². The molecule has 2 aliphatic heterocycles. The van der Waals surface area contributed by atoms with Gasteiger partial charge in [0.25, 0.3) is 0 Å². The van der Waals surface area contributed by atoms with E-state index in [0.29, 0.717) is 27.8 Å². The number of carbonyl (C=O) groups excluding carboxylic acids is 1. The monoisotopic (exact) mass is 313 g/mol. The number of nitrogens with one attached hydrogen (secondary N) is 3. The molecule has 2 heterocycles. The van der Waals surface area contributed by atoms with Gasteiger partial charge in [-0.25, -0.2) is 4.79 Å². The predicted octanol–water partition coefficient (Wildman–Crippen LogP) is 3.40. The molecule has 2 saturated heterocycles. The highest BCUT2D eigenvalue weighted by Gasteiger charge is 2.33. The third-order valence-corrected chi connectivity index (χ3v) is 4.37. The highest BCUT2D eigenvalue weighted by Crippen LogP contribution is 2.27. The van der Waals surface area contributed by atoms with E-state index in [1.165, 1.54) is 12.8 Å². The van der Waals surface area contributed by atoms with Crippen LogP contribution in [0.1, 0.15) is 25.7 Å². The van der Waals surface area contributed by atoms with Crippen LogP contribution in [0.25, 0.3) is 0 Å². The SMILES string of the molecule is O=C(Nc1cc(Cl)cc(Cl)c1)NC1CC2CCC(C1)N2. The summed E-state index contributed by atoms with van der Waals surface area (Å²) in [6, 6.07) is 6.15. The Hall–Kier alpha value is -0.970. The minimum absolute atomic E-state index is 0.199. The van der Waals surface area contributed by atoms with Crippen LogP contribution >= 0.6 is 23.2 Å². The summed E-state index contributed by atoms with van der Waals surface area (Å²) in [4.78, 5) is 12.0. The van der Waals surface area contributed by atoms with E-state index >= 15 is 0 Å². The number of piperidine rings is 1. The highest BCUT2D eigenvalue weighted by molar-refractivity contribution is 6.35. The molecule has 4 nitrogen and oxygen atoms in total. The number of hydrogen-bond donors (Lipinski definition) is 3. The molecule has 2 fully saturated rings. The van der Waals surface area contributed by atoms with Gasteiger partial charge in [-0.05, 0) is 43.9 Å². The van der Waals surface area contributed by atoms with Crippen molar-refractivity contribution < 1.29 is 4.79 Å². The lowest BCUT2D eigenvalue weighted by Gasteiger charge is -2.29. The van der Waals surface area contributed by atoms with Gasteiger partial charge < -0.3 is 16.0 Å². The fourth-order valence-corrected chi connectivity index (χ4v) is 3.68. The summed E-state index contributed by atoms with van der Waals surface area (Å²) >= 11 is 11.8. The molecule has 3 N–H and O–H groups in total. The zero-order valence-corrected chi connectivity index (χ0v) is 12.5. The molecule has 3 rings (SSSR count). The van der Waals surface area contributed by atoms with E-state index in [1.54, 1.807) is 18.2 Å². The number of fused-ring (bicyclic) bond motifs is 2. The van der Waals surface area contributed by atoms with Crippen LogP contribution in [-0.4, -0.2) is 24.2 Å². The number of halogens is 2. The van der Waals surface area contributed by atoms with Gasteiger partial charge >= 0.3 is 6.03 Å². The number of rotatable bonds is 2. The Kier molecular flexibility index (Phi) is 4.06. The maximum atomic E-state index is 12.0. The van der Waals surface area contributed by atoms with Gasteiger partial charge in [0.05, 0.1) is 0 Å². The molecule has 0 spiro atoms. The number of amides is 2. The fraction of sp³-hybridized carbons (Fsp3) is 0.500. The lowest BCUT2D eigenvalue weighted by atomic mass is 10.0. The first-order chi connectivity index (χ1) is 9.58. The second kappa shape index (κ2) is 5.80. The Morgan fingerprint density at radius 2 is 1.70 bits per heavy atom. The van der Waals surface area contributed by atoms with Crippen LogP contribution in [0.5, 0.6) is 0 Å². The van der Waals surface area contributed by atoms with Crippen LogP contribution in [-0.2, 0) is 0 Å². The molecular formula is C14H17Cl2N3O. The summed E-state index contributed by atoms with van der Waals surface area (Å²) in [7, 11) is 0. The van der Waals surface area contributed by atoms with Crippen molar-refractivity contribution >= 4 is 34.9 Å². The number of urea groups is 1. The first-order valence-corrected chi connectivity index (χ1v) is 7.64. The normalized spacial score (nSPS) is 28.2. The van der Waals surface area contributed by atoms with Gasteiger partial charge in [-0.2, -0.15) is 0 Å². The lowest BCUT2D eigenvalue weighted by molar-refractivity contribution is 0.240. The quantitative estimate of drug-likeness (QED) is 0.784. The molecule has 6 heteroatoms. The number of benzene rings is 1. The minimum atomic E-state index is -0.199. The van der Waals surface area contributed by atoms with Gasteiger partial charge in [0.2, 0.25) is 0 Å². The summed E-state index contributed by atoms with van der Waals surface area (Å²) in [5, 5.41) is 10.4. The van der Waals surface area contributed by atoms with Crippen LogP contribution in [0.2, 0.25) is 10.0 Å². The van der Waals surface area contributed by atoms with Crippen LogP contribution in [0.4, 0.5) is 10.5 Å². The molecule has 2 unspecified atom stereocenters. The van der Waals surface area contributed by atoms with Crippen LogP contribution in [0, 0.1) is 0 Å². The predicted molar refractivity (Wildman–Crippen MR) is 81.6 cm³/mol. The topological polar surface area (TPSA) is 53.2 Å². The Morgan fingerprint density at radius 1 is 1.10 bits per heavy atom. The highest BCUT2D eigenvalue weighted by atomic mass is 35.5. The maximum Gasteiger partial charge on any atom is 0.319 e. The fourth-order valence-electron chi connectivity index (χ4n) is 3.15. The molecule has 1 aromatic rings. The van der Waals surface area contributed by atoms with Crippen molar-refractivity contribution in [3.8, 4) is 0 Å². The van der Waals surface area contributed by atoms with Gasteiger partial charge in [-0.1, -0.05) is 23.2 Å². The van der Waals surface area contributed by atoms with Crippen molar-refractivity contribution in [1.82, 2.24) is 10.6 Å². The van der Waals surface area contributed by atoms with E-state index in [4.69, 9.17) is 23.2 Å². The largest absolute Gasteiger partial charge is 0.335 e. The van der Waals surface area contributed by atoms with E-state index in [1.807, 2.05) is 0 Å². The number of hydrogen-bond acceptors (Lipinski definition) is 2. The van der Waals surface area contributed by atoms with Crippen LogP contribution in [0.3, 0.4) is 0 Å². The standard InChI is InChI=1S/C14H17Cl2N3O/c15-8-3-9(16)5-12(4-8)18-14(20)19-13-6-10-1-2-11(7-13)17-10/h3-5,10-11,13,17H,1-2,6-7H2,(H2,18,19,20). The molecule has 108 valence electrons. The lowest BCUT2D eigenvalue weighted by Crippen LogP contribution is -2.49. The molecule has 20 heavy (non-hydrogen) atoms. The third-order valence-electron chi connectivity index (χ3n) is 3.93. The summed E-state index contributed by atoms with van der Waals surface area (Å²) in [5.74, 6) is 0. The summed E-state index contributed by atoms with van der Waals surface area (Å²) in [6.07, 6.45) is 4.43. The zero-order chi connectivity index (χ0) is 14.1. The minimum Gasteiger partial charge on any atom is -0.335 e. The van der Waals surface area contributed by atoms with E-state index in [-0.39, 0.29) is 12.1 Å². The van der Waals surface area contributed by atoms with Crippen molar-refractivity contribution in [2.24, 2.45) is 0 Å². The summed E-state index contributed by atoms with van der Waals surface area (Å²) < 4.78 is 0. The molecule has 2 aliphatic rings. The van der Waals surface area contributed by atoms with E-state index in [0.717, 1.165) is 12.8 Å². The summed E-state index contributed by atoms with van der Waals surface area (Å²) in [5.41, 5.74) is 0.608. The van der Waals surface area contributed by atoms with Crippen LogP contribution < -0.4 is 16.0 Å². The van der Waals surface area contributed by atoms with Crippen molar-refractivity contribution in [3.05, 3.63) is 28.2 Å². The van der Waals surface area contributed by atoms with Crippen molar-refractivity contribution in [1.29, 1.82) is 0 Å². The number of anilines is 1. The van der Waals surface area contributed by atoms with E-state index < -0.39 is 0 Å². The average molecular weight is 314 g/mol. The van der Waals surface area contributed by atoms with E-state index in [9.17, 15) is 4.79 Å². The van der Waals surface area contributed by atoms with Gasteiger partial charge in [0.1, 0.15) is 0 Å². The average Bonchev–Trinajstić information content (AvgIpc) is 2.67.